The molecule has 1 N–H and O–H groups in total. The normalized spacial score (nSPS) is 22.9. The highest BCUT2D eigenvalue weighted by molar-refractivity contribution is 7.99. The zero-order valence-corrected chi connectivity index (χ0v) is 11.4. The van der Waals surface area contributed by atoms with Gasteiger partial charge in [-0.15, -0.1) is 0 Å². The van der Waals surface area contributed by atoms with Crippen molar-refractivity contribution in [1.82, 2.24) is 0 Å². The Labute approximate surface area is 112 Å². The molecule has 98 valence electrons. The molecule has 3 nitrogen and oxygen atoms in total. The van der Waals surface area contributed by atoms with Crippen LogP contribution in [0.1, 0.15) is 19.8 Å². The molecular weight excluding hydrogens is 246 g/mol. The van der Waals surface area contributed by atoms with Crippen molar-refractivity contribution in [2.75, 3.05) is 17.7 Å². The third-order valence-electron chi connectivity index (χ3n) is 3.03. The second-order valence-corrected chi connectivity index (χ2v) is 5.79. The van der Waals surface area contributed by atoms with Crippen LogP contribution in [0, 0.1) is 0 Å². The lowest BCUT2D eigenvalue weighted by Crippen LogP contribution is -2.16. The van der Waals surface area contributed by atoms with Crippen LogP contribution in [0.15, 0.2) is 30.3 Å². The molecule has 1 aliphatic rings. The number of ether oxygens (including phenoxy) is 1. The van der Waals surface area contributed by atoms with Gasteiger partial charge in [0.15, 0.2) is 0 Å². The van der Waals surface area contributed by atoms with E-state index in [1.54, 1.807) is 0 Å². The Morgan fingerprint density at radius 1 is 1.44 bits per heavy atom. The Bertz CT molecular complexity index is 383. The molecule has 0 radical (unpaired) electrons. The van der Waals surface area contributed by atoms with E-state index >= 15 is 0 Å². The average molecular weight is 265 g/mol. The second-order valence-electron chi connectivity index (χ2n) is 4.44. The number of hydrogen-bond donors (Lipinski definition) is 1. The van der Waals surface area contributed by atoms with Crippen LogP contribution in [-0.4, -0.2) is 29.6 Å². The van der Waals surface area contributed by atoms with Crippen LogP contribution < -0.4 is 5.32 Å². The first-order valence-electron chi connectivity index (χ1n) is 6.34. The first kappa shape index (κ1) is 13.4. The smallest absolute Gasteiger partial charge is 0.225 e. The van der Waals surface area contributed by atoms with E-state index in [2.05, 4.69) is 12.2 Å². The molecule has 1 saturated heterocycles. The zero-order chi connectivity index (χ0) is 12.8. The number of hydrogen-bond acceptors (Lipinski definition) is 3. The van der Waals surface area contributed by atoms with Gasteiger partial charge in [-0.2, -0.15) is 11.8 Å². The highest BCUT2D eigenvalue weighted by atomic mass is 32.2. The van der Waals surface area contributed by atoms with Crippen molar-refractivity contribution in [2.45, 2.75) is 31.1 Å². The van der Waals surface area contributed by atoms with Gasteiger partial charge in [-0.1, -0.05) is 18.2 Å². The largest absolute Gasteiger partial charge is 0.377 e. The Balaban J connectivity index is 1.66. The maximum absolute atomic E-state index is 11.7. The van der Waals surface area contributed by atoms with Gasteiger partial charge in [0, 0.05) is 29.7 Å². The molecule has 1 amide bonds. The van der Waals surface area contributed by atoms with Gasteiger partial charge in [0.1, 0.15) is 0 Å². The molecule has 1 fully saturated rings. The predicted octanol–water partition coefficient (Wildman–Crippen LogP) is 2.93. The quantitative estimate of drug-likeness (QED) is 0.889. The lowest BCUT2D eigenvalue weighted by Gasteiger charge is -2.13. The molecule has 0 spiro atoms. The Kier molecular flexibility index (Phi) is 5.08. The van der Waals surface area contributed by atoms with Crippen molar-refractivity contribution in [3.63, 3.8) is 0 Å². The van der Waals surface area contributed by atoms with Gasteiger partial charge in [0.05, 0.1) is 6.10 Å². The summed E-state index contributed by atoms with van der Waals surface area (Å²) in [6.45, 7) is 2.96. The minimum absolute atomic E-state index is 0.0836. The van der Waals surface area contributed by atoms with E-state index in [1.807, 2.05) is 42.1 Å². The summed E-state index contributed by atoms with van der Waals surface area (Å²) in [6, 6.07) is 9.58. The van der Waals surface area contributed by atoms with Crippen molar-refractivity contribution >= 4 is 23.4 Å². The van der Waals surface area contributed by atoms with E-state index in [0.717, 1.165) is 24.5 Å². The number of benzene rings is 1. The number of carbonyl (C=O) groups is 1. The molecule has 2 rings (SSSR count). The second kappa shape index (κ2) is 6.81. The fraction of sp³-hybridized carbons (Fsp3) is 0.500. The molecular formula is C14H19NO2S. The van der Waals surface area contributed by atoms with Crippen LogP contribution in [0.2, 0.25) is 0 Å². The van der Waals surface area contributed by atoms with E-state index < -0.39 is 0 Å². The van der Waals surface area contributed by atoms with Gasteiger partial charge >= 0.3 is 0 Å². The summed E-state index contributed by atoms with van der Waals surface area (Å²) in [7, 11) is 0. The summed E-state index contributed by atoms with van der Waals surface area (Å²) < 4.78 is 5.50. The van der Waals surface area contributed by atoms with Crippen molar-refractivity contribution in [3.8, 4) is 0 Å². The fourth-order valence-corrected chi connectivity index (χ4v) is 3.20. The Morgan fingerprint density at radius 3 is 2.89 bits per heavy atom. The summed E-state index contributed by atoms with van der Waals surface area (Å²) in [5.41, 5.74) is 0.866. The number of rotatable bonds is 5. The van der Waals surface area contributed by atoms with Gasteiger partial charge < -0.3 is 10.1 Å². The molecule has 0 aliphatic carbocycles. The van der Waals surface area contributed by atoms with Crippen LogP contribution >= 0.6 is 11.8 Å². The third kappa shape index (κ3) is 4.03. The summed E-state index contributed by atoms with van der Waals surface area (Å²) in [6.07, 6.45) is 1.99. The standard InChI is InChI=1S/C14H19NO2S/c1-11-13(7-9-17-11)18-10-8-14(16)15-12-5-3-2-4-6-12/h2-6,11,13H,7-10H2,1H3,(H,15,16)/t11-,13-/m0/s1. The molecule has 0 saturated carbocycles. The lowest BCUT2D eigenvalue weighted by molar-refractivity contribution is -0.115. The number of para-hydroxylation sites is 1. The molecule has 1 aliphatic heterocycles. The fourth-order valence-electron chi connectivity index (χ4n) is 1.98. The molecule has 4 heteroatoms. The number of carbonyl (C=O) groups excluding carboxylic acids is 1. The van der Waals surface area contributed by atoms with Crippen LogP contribution in [0.5, 0.6) is 0 Å². The first-order valence-corrected chi connectivity index (χ1v) is 7.38. The SMILES string of the molecule is C[C@@H]1OCC[C@@H]1SCCC(=O)Nc1ccccc1. The van der Waals surface area contributed by atoms with E-state index in [9.17, 15) is 4.79 Å². The average Bonchev–Trinajstić information content (AvgIpc) is 2.76. The number of anilines is 1. The maximum Gasteiger partial charge on any atom is 0.225 e. The summed E-state index contributed by atoms with van der Waals surface area (Å²) in [5.74, 6) is 0.942. The van der Waals surface area contributed by atoms with E-state index in [0.29, 0.717) is 17.8 Å². The van der Waals surface area contributed by atoms with Gasteiger partial charge in [-0.25, -0.2) is 0 Å². The lowest BCUT2D eigenvalue weighted by atomic mass is 10.3. The van der Waals surface area contributed by atoms with Crippen LogP contribution in [0.25, 0.3) is 0 Å². The molecule has 2 atom stereocenters. The first-order chi connectivity index (χ1) is 8.75. The van der Waals surface area contributed by atoms with E-state index in [4.69, 9.17) is 4.74 Å². The van der Waals surface area contributed by atoms with Gasteiger partial charge in [-0.3, -0.25) is 4.79 Å². The van der Waals surface area contributed by atoms with E-state index in [-0.39, 0.29) is 5.91 Å². The minimum Gasteiger partial charge on any atom is -0.377 e. The highest BCUT2D eigenvalue weighted by Gasteiger charge is 2.24. The highest BCUT2D eigenvalue weighted by Crippen LogP contribution is 2.26. The van der Waals surface area contributed by atoms with Gasteiger partial charge in [-0.05, 0) is 25.5 Å². The van der Waals surface area contributed by atoms with Crippen molar-refractivity contribution in [3.05, 3.63) is 30.3 Å². The number of nitrogens with one attached hydrogen (secondary N) is 1. The third-order valence-corrected chi connectivity index (χ3v) is 4.51. The molecule has 0 unspecified atom stereocenters. The number of thioether (sulfide) groups is 1. The Hall–Kier alpha value is -1.00. The van der Waals surface area contributed by atoms with Crippen molar-refractivity contribution in [1.29, 1.82) is 0 Å². The summed E-state index contributed by atoms with van der Waals surface area (Å²) in [5, 5.41) is 3.45. The molecule has 18 heavy (non-hydrogen) atoms. The van der Waals surface area contributed by atoms with Crippen LogP contribution in [-0.2, 0) is 9.53 Å². The van der Waals surface area contributed by atoms with Crippen molar-refractivity contribution < 1.29 is 9.53 Å². The molecule has 1 aromatic carbocycles. The summed E-state index contributed by atoms with van der Waals surface area (Å²) in [4.78, 5) is 11.7. The molecule has 1 heterocycles. The Morgan fingerprint density at radius 2 is 2.22 bits per heavy atom. The summed E-state index contributed by atoms with van der Waals surface area (Å²) >= 11 is 1.85. The zero-order valence-electron chi connectivity index (χ0n) is 10.6. The predicted molar refractivity (Wildman–Crippen MR) is 76.0 cm³/mol. The van der Waals surface area contributed by atoms with Crippen molar-refractivity contribution in [2.24, 2.45) is 0 Å². The van der Waals surface area contributed by atoms with Crippen LogP contribution in [0.4, 0.5) is 5.69 Å². The topological polar surface area (TPSA) is 38.3 Å². The van der Waals surface area contributed by atoms with Crippen LogP contribution in [0.3, 0.4) is 0 Å². The maximum atomic E-state index is 11.7. The molecule has 1 aromatic rings. The monoisotopic (exact) mass is 265 g/mol. The number of amides is 1. The molecule has 0 bridgehead atoms. The van der Waals surface area contributed by atoms with E-state index in [1.165, 1.54) is 0 Å². The molecule has 0 aromatic heterocycles. The van der Waals surface area contributed by atoms with Gasteiger partial charge in [0.25, 0.3) is 0 Å². The minimum atomic E-state index is 0.0836. The van der Waals surface area contributed by atoms with Gasteiger partial charge in [0.2, 0.25) is 5.91 Å².